The third kappa shape index (κ3) is 2.02. The summed E-state index contributed by atoms with van der Waals surface area (Å²) in [6.07, 6.45) is 0. The second kappa shape index (κ2) is 4.51. The zero-order valence-corrected chi connectivity index (χ0v) is 11.2. The highest BCUT2D eigenvalue weighted by Gasteiger charge is 2.32. The van der Waals surface area contributed by atoms with E-state index in [-0.39, 0.29) is 12.8 Å². The van der Waals surface area contributed by atoms with Gasteiger partial charge in [-0.25, -0.2) is 0 Å². The van der Waals surface area contributed by atoms with Crippen molar-refractivity contribution in [3.8, 4) is 17.6 Å². The molecule has 1 heterocycles. The Morgan fingerprint density at radius 1 is 1.33 bits per heavy atom. The van der Waals surface area contributed by atoms with Crippen molar-refractivity contribution in [1.29, 1.82) is 5.26 Å². The summed E-state index contributed by atoms with van der Waals surface area (Å²) in [5, 5.41) is 12.5. The van der Waals surface area contributed by atoms with E-state index < -0.39 is 5.41 Å². The molecule has 0 fully saturated rings. The fourth-order valence-electron chi connectivity index (χ4n) is 2.34. The predicted octanol–water partition coefficient (Wildman–Crippen LogP) is 2.53. The number of benzene rings is 1. The van der Waals surface area contributed by atoms with Gasteiger partial charge in [-0.3, -0.25) is 0 Å². The summed E-state index contributed by atoms with van der Waals surface area (Å²) < 4.78 is 10.8. The number of ether oxygens (including phenoxy) is 2. The maximum Gasteiger partial charge on any atom is 0.231 e. The highest BCUT2D eigenvalue weighted by Crippen LogP contribution is 2.40. The summed E-state index contributed by atoms with van der Waals surface area (Å²) in [7, 11) is 1.87. The lowest BCUT2D eigenvalue weighted by Gasteiger charge is -2.29. The topological polar surface area (TPSA) is 54.3 Å². The molecular weight excluding hydrogens is 228 g/mol. The quantitative estimate of drug-likeness (QED) is 0.890. The molecule has 0 bridgehead atoms. The first-order valence-corrected chi connectivity index (χ1v) is 5.98. The molecule has 0 aromatic heterocycles. The van der Waals surface area contributed by atoms with Crippen LogP contribution >= 0.6 is 0 Å². The van der Waals surface area contributed by atoms with Crippen LogP contribution in [0.5, 0.6) is 11.5 Å². The van der Waals surface area contributed by atoms with Crippen LogP contribution in [0.3, 0.4) is 0 Å². The van der Waals surface area contributed by atoms with Gasteiger partial charge in [0.25, 0.3) is 0 Å². The molecule has 2 rings (SSSR count). The van der Waals surface area contributed by atoms with Crippen LogP contribution in [0.4, 0.5) is 0 Å². The fourth-order valence-corrected chi connectivity index (χ4v) is 2.34. The lowest BCUT2D eigenvalue weighted by molar-refractivity contribution is 0.174. The number of hydrogen-bond acceptors (Lipinski definition) is 4. The smallest absolute Gasteiger partial charge is 0.231 e. The largest absolute Gasteiger partial charge is 0.454 e. The van der Waals surface area contributed by atoms with Gasteiger partial charge in [0.2, 0.25) is 6.79 Å². The molecule has 1 aromatic rings. The van der Waals surface area contributed by atoms with E-state index in [0.29, 0.717) is 0 Å². The van der Waals surface area contributed by atoms with Crippen LogP contribution in [-0.4, -0.2) is 13.8 Å². The molecule has 1 aromatic carbocycles. The maximum absolute atomic E-state index is 9.30. The first kappa shape index (κ1) is 12.7. The number of nitrogens with one attached hydrogen (secondary N) is 1. The van der Waals surface area contributed by atoms with Gasteiger partial charge in [0, 0.05) is 0 Å². The minimum absolute atomic E-state index is 0.0444. The molecule has 1 N–H and O–H groups in total. The Morgan fingerprint density at radius 2 is 1.94 bits per heavy atom. The fraction of sp³-hybridized carbons (Fsp3) is 0.500. The zero-order valence-electron chi connectivity index (χ0n) is 11.2. The molecule has 0 radical (unpaired) electrons. The second-order valence-electron chi connectivity index (χ2n) is 5.12. The lowest BCUT2D eigenvalue weighted by Crippen LogP contribution is -2.31. The molecule has 0 amide bonds. The Kier molecular flexibility index (Phi) is 3.18. The molecule has 4 heteroatoms. The Labute approximate surface area is 108 Å². The van der Waals surface area contributed by atoms with Crippen molar-refractivity contribution in [3.63, 3.8) is 0 Å². The summed E-state index contributed by atoms with van der Waals surface area (Å²) in [4.78, 5) is 0. The maximum atomic E-state index is 9.30. The average molecular weight is 246 g/mol. The SMILES string of the molecule is CNC(c1cc2c(cc1C)OCO2)C(C)(C)C#N. The Balaban J connectivity index is 2.47. The van der Waals surface area contributed by atoms with E-state index in [4.69, 9.17) is 9.47 Å². The molecule has 0 aliphatic carbocycles. The molecule has 0 spiro atoms. The zero-order chi connectivity index (χ0) is 13.3. The van der Waals surface area contributed by atoms with E-state index in [1.165, 1.54) is 0 Å². The van der Waals surface area contributed by atoms with Gasteiger partial charge in [-0.05, 0) is 51.1 Å². The summed E-state index contributed by atoms with van der Waals surface area (Å²) in [6.45, 7) is 6.15. The van der Waals surface area contributed by atoms with Gasteiger partial charge < -0.3 is 14.8 Å². The lowest BCUT2D eigenvalue weighted by atomic mass is 9.80. The predicted molar refractivity (Wildman–Crippen MR) is 68.5 cm³/mol. The van der Waals surface area contributed by atoms with Crippen molar-refractivity contribution in [2.45, 2.75) is 26.8 Å². The number of nitriles is 1. The molecule has 1 aliphatic heterocycles. The van der Waals surface area contributed by atoms with Crippen LogP contribution < -0.4 is 14.8 Å². The molecule has 1 unspecified atom stereocenters. The Hall–Kier alpha value is -1.73. The van der Waals surface area contributed by atoms with Gasteiger partial charge in [-0.1, -0.05) is 0 Å². The Morgan fingerprint density at radius 3 is 2.50 bits per heavy atom. The molecular formula is C14H18N2O2. The average Bonchev–Trinajstić information content (AvgIpc) is 2.77. The van der Waals surface area contributed by atoms with Crippen LogP contribution in [-0.2, 0) is 0 Å². The standard InChI is InChI=1S/C14H18N2O2/c1-9-5-11-12(18-8-17-11)6-10(9)13(16-4)14(2,3)7-15/h5-6,13,16H,8H2,1-4H3. The Bertz CT molecular complexity index is 503. The molecule has 0 saturated carbocycles. The monoisotopic (exact) mass is 246 g/mol. The number of fused-ring (bicyclic) bond motifs is 1. The van der Waals surface area contributed by atoms with E-state index >= 15 is 0 Å². The van der Waals surface area contributed by atoms with Crippen LogP contribution in [0, 0.1) is 23.7 Å². The summed E-state index contributed by atoms with van der Waals surface area (Å²) in [6, 6.07) is 6.24. The number of rotatable bonds is 3. The van der Waals surface area contributed by atoms with E-state index in [2.05, 4.69) is 11.4 Å². The summed E-state index contributed by atoms with van der Waals surface area (Å²) in [5.41, 5.74) is 1.68. The van der Waals surface area contributed by atoms with Crippen LogP contribution in [0.15, 0.2) is 12.1 Å². The van der Waals surface area contributed by atoms with Gasteiger partial charge >= 0.3 is 0 Å². The third-order valence-corrected chi connectivity index (χ3v) is 3.37. The molecule has 18 heavy (non-hydrogen) atoms. The van der Waals surface area contributed by atoms with Crippen molar-refractivity contribution < 1.29 is 9.47 Å². The van der Waals surface area contributed by atoms with Crippen molar-refractivity contribution in [3.05, 3.63) is 23.3 Å². The van der Waals surface area contributed by atoms with Gasteiger partial charge in [-0.2, -0.15) is 5.26 Å². The second-order valence-corrected chi connectivity index (χ2v) is 5.12. The molecule has 4 nitrogen and oxygen atoms in total. The minimum atomic E-state index is -0.493. The minimum Gasteiger partial charge on any atom is -0.454 e. The summed E-state index contributed by atoms with van der Waals surface area (Å²) >= 11 is 0. The van der Waals surface area contributed by atoms with Crippen molar-refractivity contribution in [2.24, 2.45) is 5.41 Å². The van der Waals surface area contributed by atoms with Gasteiger partial charge in [0.05, 0.1) is 17.5 Å². The highest BCUT2D eigenvalue weighted by molar-refractivity contribution is 5.50. The molecule has 1 aliphatic rings. The normalized spacial score (nSPS) is 15.3. The van der Waals surface area contributed by atoms with Crippen LogP contribution in [0.2, 0.25) is 0 Å². The molecule has 1 atom stereocenters. The van der Waals surface area contributed by atoms with Gasteiger partial charge in [0.15, 0.2) is 11.5 Å². The van der Waals surface area contributed by atoms with Crippen molar-refractivity contribution >= 4 is 0 Å². The molecule has 0 saturated heterocycles. The van der Waals surface area contributed by atoms with Crippen molar-refractivity contribution in [2.75, 3.05) is 13.8 Å². The highest BCUT2D eigenvalue weighted by atomic mass is 16.7. The van der Waals surface area contributed by atoms with Gasteiger partial charge in [-0.15, -0.1) is 0 Å². The number of nitrogens with zero attached hydrogens (tertiary/aromatic N) is 1. The van der Waals surface area contributed by atoms with E-state index in [1.54, 1.807) is 0 Å². The van der Waals surface area contributed by atoms with Crippen LogP contribution in [0.25, 0.3) is 0 Å². The summed E-state index contributed by atoms with van der Waals surface area (Å²) in [5.74, 6) is 1.53. The first-order valence-electron chi connectivity index (χ1n) is 5.98. The van der Waals surface area contributed by atoms with Gasteiger partial charge in [0.1, 0.15) is 0 Å². The van der Waals surface area contributed by atoms with E-state index in [9.17, 15) is 5.26 Å². The van der Waals surface area contributed by atoms with Crippen molar-refractivity contribution in [1.82, 2.24) is 5.32 Å². The number of hydrogen-bond donors (Lipinski definition) is 1. The van der Waals surface area contributed by atoms with Crippen LogP contribution in [0.1, 0.15) is 31.0 Å². The third-order valence-electron chi connectivity index (χ3n) is 3.37. The van der Waals surface area contributed by atoms with E-state index in [0.717, 1.165) is 22.6 Å². The molecule has 96 valence electrons. The van der Waals surface area contributed by atoms with E-state index in [1.807, 2.05) is 40.0 Å². The number of aryl methyl sites for hydroxylation is 1. The first-order chi connectivity index (χ1) is 8.49.